The van der Waals surface area contributed by atoms with Gasteiger partial charge < -0.3 is 4.74 Å². The normalized spacial score (nSPS) is 33.1. The van der Waals surface area contributed by atoms with Crippen LogP contribution in [0.1, 0.15) is 26.7 Å². The van der Waals surface area contributed by atoms with Crippen LogP contribution in [-0.4, -0.2) is 18.0 Å². The Labute approximate surface area is 73.3 Å². The highest BCUT2D eigenvalue weighted by Crippen LogP contribution is 2.25. The predicted octanol–water partition coefficient (Wildman–Crippen LogP) is 2.16. The van der Waals surface area contributed by atoms with Crippen molar-refractivity contribution in [3.8, 4) is 0 Å². The quantitative estimate of drug-likeness (QED) is 0.545. The number of hydrogen-bond acceptors (Lipinski definition) is 2. The van der Waals surface area contributed by atoms with Crippen LogP contribution >= 0.6 is 0 Å². The fourth-order valence-electron chi connectivity index (χ4n) is 1.66. The van der Waals surface area contributed by atoms with Gasteiger partial charge in [-0.25, -0.2) is 4.99 Å². The van der Waals surface area contributed by atoms with E-state index in [9.17, 15) is 0 Å². The summed E-state index contributed by atoms with van der Waals surface area (Å²) < 4.78 is 5.69. The van der Waals surface area contributed by atoms with E-state index in [0.29, 0.717) is 12.0 Å². The van der Waals surface area contributed by atoms with Crippen LogP contribution in [0, 0.1) is 5.92 Å². The molecule has 2 heteroatoms. The van der Waals surface area contributed by atoms with E-state index in [0.717, 1.165) is 18.7 Å². The highest BCUT2D eigenvalue weighted by atomic mass is 16.5. The first kappa shape index (κ1) is 7.84. The van der Waals surface area contributed by atoms with Crippen LogP contribution < -0.4 is 0 Å². The third-order valence-corrected chi connectivity index (χ3v) is 2.38. The van der Waals surface area contributed by atoms with Gasteiger partial charge in [-0.15, -0.1) is 0 Å². The van der Waals surface area contributed by atoms with Crippen LogP contribution in [0.4, 0.5) is 0 Å². The minimum atomic E-state index is 0.246. The number of rotatable bonds is 1. The van der Waals surface area contributed by atoms with Gasteiger partial charge in [0.05, 0.1) is 6.04 Å². The van der Waals surface area contributed by atoms with Gasteiger partial charge in [0, 0.05) is 5.92 Å². The number of ether oxygens (including phenoxy) is 1. The molecule has 66 valence electrons. The first-order valence-electron chi connectivity index (χ1n) is 4.68. The number of fused-ring (bicyclic) bond motifs is 1. The molecule has 0 saturated carbocycles. The molecular formula is C10H15NO. The predicted molar refractivity (Wildman–Crippen MR) is 49.3 cm³/mol. The van der Waals surface area contributed by atoms with Crippen molar-refractivity contribution in [2.45, 2.75) is 38.8 Å². The summed E-state index contributed by atoms with van der Waals surface area (Å²) in [6, 6.07) is 0.410. The van der Waals surface area contributed by atoms with Gasteiger partial charge in [-0.1, -0.05) is 19.9 Å². The molecule has 1 aliphatic heterocycles. The van der Waals surface area contributed by atoms with Gasteiger partial charge in [0.2, 0.25) is 0 Å². The highest BCUT2D eigenvalue weighted by molar-refractivity contribution is 5.80. The van der Waals surface area contributed by atoms with Crippen molar-refractivity contribution in [2.24, 2.45) is 10.9 Å². The molecule has 0 aromatic carbocycles. The minimum Gasteiger partial charge on any atom is -0.471 e. The fraction of sp³-hybridized carbons (Fsp3) is 0.700. The van der Waals surface area contributed by atoms with Crippen molar-refractivity contribution in [3.63, 3.8) is 0 Å². The van der Waals surface area contributed by atoms with Gasteiger partial charge in [0.15, 0.2) is 5.90 Å². The molecule has 2 rings (SSSR count). The Morgan fingerprint density at radius 1 is 1.58 bits per heavy atom. The van der Waals surface area contributed by atoms with Crippen LogP contribution in [0.3, 0.4) is 0 Å². The Morgan fingerprint density at radius 2 is 2.42 bits per heavy atom. The molecule has 0 bridgehead atoms. The van der Waals surface area contributed by atoms with Gasteiger partial charge >= 0.3 is 0 Å². The van der Waals surface area contributed by atoms with Crippen molar-refractivity contribution in [1.29, 1.82) is 0 Å². The molecule has 0 radical (unpaired) electrons. The van der Waals surface area contributed by atoms with Crippen molar-refractivity contribution in [3.05, 3.63) is 12.2 Å². The lowest BCUT2D eigenvalue weighted by atomic mass is 10.0. The molecule has 0 fully saturated rings. The number of allylic oxidation sites excluding steroid dienone is 1. The summed E-state index contributed by atoms with van der Waals surface area (Å²) in [5, 5.41) is 0. The lowest BCUT2D eigenvalue weighted by molar-refractivity contribution is 0.220. The van der Waals surface area contributed by atoms with Gasteiger partial charge in [-0.3, -0.25) is 0 Å². The third kappa shape index (κ3) is 1.26. The molecule has 0 spiro atoms. The van der Waals surface area contributed by atoms with E-state index in [1.165, 1.54) is 0 Å². The second-order valence-corrected chi connectivity index (χ2v) is 3.78. The van der Waals surface area contributed by atoms with Crippen LogP contribution in [0.15, 0.2) is 17.1 Å². The SMILES string of the molecule is CC(C)C1=N[C@H]2CCC=C[C@H]2O1. The zero-order valence-electron chi connectivity index (χ0n) is 7.66. The summed E-state index contributed by atoms with van der Waals surface area (Å²) in [6.07, 6.45) is 6.89. The maximum absolute atomic E-state index is 5.69. The topological polar surface area (TPSA) is 21.6 Å². The van der Waals surface area contributed by atoms with Crippen molar-refractivity contribution in [1.82, 2.24) is 0 Å². The summed E-state index contributed by atoms with van der Waals surface area (Å²) in [5.41, 5.74) is 0. The van der Waals surface area contributed by atoms with E-state index >= 15 is 0 Å². The Hall–Kier alpha value is -0.790. The van der Waals surface area contributed by atoms with E-state index in [4.69, 9.17) is 4.74 Å². The summed E-state index contributed by atoms with van der Waals surface area (Å²) in [5.74, 6) is 1.38. The maximum atomic E-state index is 5.69. The van der Waals surface area contributed by atoms with Crippen LogP contribution in [-0.2, 0) is 4.74 Å². The third-order valence-electron chi connectivity index (χ3n) is 2.38. The van der Waals surface area contributed by atoms with E-state index in [-0.39, 0.29) is 6.10 Å². The Kier molecular flexibility index (Phi) is 1.91. The highest BCUT2D eigenvalue weighted by Gasteiger charge is 2.30. The minimum absolute atomic E-state index is 0.246. The zero-order valence-corrected chi connectivity index (χ0v) is 7.66. The standard InChI is InChI=1S/C10H15NO/c1-7(2)10-11-8-5-3-4-6-9(8)12-10/h4,6-9H,3,5H2,1-2H3/t8-,9+/m0/s1. The second kappa shape index (κ2) is 2.92. The van der Waals surface area contributed by atoms with E-state index in [1.54, 1.807) is 0 Å². The molecule has 1 heterocycles. The zero-order chi connectivity index (χ0) is 8.55. The molecule has 2 nitrogen and oxygen atoms in total. The van der Waals surface area contributed by atoms with E-state index < -0.39 is 0 Å². The summed E-state index contributed by atoms with van der Waals surface area (Å²) in [4.78, 5) is 4.55. The van der Waals surface area contributed by atoms with Crippen LogP contribution in [0.25, 0.3) is 0 Å². The summed E-state index contributed by atoms with van der Waals surface area (Å²) in [6.45, 7) is 4.25. The summed E-state index contributed by atoms with van der Waals surface area (Å²) in [7, 11) is 0. The molecule has 12 heavy (non-hydrogen) atoms. The lowest BCUT2D eigenvalue weighted by Gasteiger charge is -2.17. The molecule has 0 amide bonds. The monoisotopic (exact) mass is 165 g/mol. The lowest BCUT2D eigenvalue weighted by Crippen LogP contribution is -2.22. The number of nitrogens with zero attached hydrogens (tertiary/aromatic N) is 1. The molecule has 2 atom stereocenters. The average Bonchev–Trinajstić information content (AvgIpc) is 2.46. The Morgan fingerprint density at radius 3 is 3.08 bits per heavy atom. The van der Waals surface area contributed by atoms with Gasteiger partial charge in [-0.2, -0.15) is 0 Å². The molecular weight excluding hydrogens is 150 g/mol. The summed E-state index contributed by atoms with van der Waals surface area (Å²) >= 11 is 0. The first-order chi connectivity index (χ1) is 5.77. The molecule has 1 aliphatic carbocycles. The van der Waals surface area contributed by atoms with E-state index in [2.05, 4.69) is 31.0 Å². The van der Waals surface area contributed by atoms with Crippen LogP contribution in [0.2, 0.25) is 0 Å². The van der Waals surface area contributed by atoms with Crippen molar-refractivity contribution in [2.75, 3.05) is 0 Å². The average molecular weight is 165 g/mol. The second-order valence-electron chi connectivity index (χ2n) is 3.78. The molecule has 2 aliphatic rings. The smallest absolute Gasteiger partial charge is 0.187 e. The van der Waals surface area contributed by atoms with Crippen molar-refractivity contribution < 1.29 is 4.74 Å². The van der Waals surface area contributed by atoms with Crippen molar-refractivity contribution >= 4 is 5.90 Å². The molecule has 0 N–H and O–H groups in total. The largest absolute Gasteiger partial charge is 0.471 e. The number of hydrogen-bond donors (Lipinski definition) is 0. The molecule has 0 aromatic rings. The Bertz CT molecular complexity index is 230. The molecule has 0 unspecified atom stereocenters. The number of aliphatic imine (C=N–C) groups is 1. The Balaban J connectivity index is 2.11. The molecule has 0 aromatic heterocycles. The van der Waals surface area contributed by atoms with Crippen LogP contribution in [0.5, 0.6) is 0 Å². The fourth-order valence-corrected chi connectivity index (χ4v) is 1.66. The van der Waals surface area contributed by atoms with E-state index in [1.807, 2.05) is 0 Å². The molecule has 0 saturated heterocycles. The maximum Gasteiger partial charge on any atom is 0.187 e. The van der Waals surface area contributed by atoms with Gasteiger partial charge in [0.1, 0.15) is 6.10 Å². The first-order valence-corrected chi connectivity index (χ1v) is 4.68. The van der Waals surface area contributed by atoms with Gasteiger partial charge in [-0.05, 0) is 18.9 Å². The van der Waals surface area contributed by atoms with Gasteiger partial charge in [0.25, 0.3) is 0 Å².